The molecule has 25 heavy (non-hydrogen) atoms. The van der Waals surface area contributed by atoms with Gasteiger partial charge in [-0.05, 0) is 18.2 Å². The molecule has 1 saturated heterocycles. The van der Waals surface area contributed by atoms with Gasteiger partial charge >= 0.3 is 0 Å². The van der Waals surface area contributed by atoms with Gasteiger partial charge in [-0.15, -0.1) is 11.6 Å². The molecule has 1 atom stereocenters. The molecule has 1 unspecified atom stereocenters. The summed E-state index contributed by atoms with van der Waals surface area (Å²) < 4.78 is 0. The summed E-state index contributed by atoms with van der Waals surface area (Å²) in [5.41, 5.74) is 4.55. The van der Waals surface area contributed by atoms with Crippen LogP contribution in [0.4, 0.5) is 5.69 Å². The molecular weight excluding hydrogens is 353 g/mol. The van der Waals surface area contributed by atoms with Crippen molar-refractivity contribution in [3.63, 3.8) is 0 Å². The largest absolute Gasteiger partial charge is 0.364 e. The van der Waals surface area contributed by atoms with Gasteiger partial charge in [-0.2, -0.15) is 0 Å². The van der Waals surface area contributed by atoms with E-state index < -0.39 is 0 Å². The molecule has 3 nitrogen and oxygen atoms in total. The van der Waals surface area contributed by atoms with Crippen LogP contribution in [0.5, 0.6) is 0 Å². The first kappa shape index (κ1) is 16.9. The normalized spacial score (nSPS) is 20.5. The minimum atomic E-state index is 0.373. The van der Waals surface area contributed by atoms with Crippen molar-refractivity contribution in [2.75, 3.05) is 43.5 Å². The Labute approximate surface area is 158 Å². The third-order valence-corrected chi connectivity index (χ3v) is 5.40. The summed E-state index contributed by atoms with van der Waals surface area (Å²) in [7, 11) is 0. The Kier molecular flexibility index (Phi) is 4.98. The minimum Gasteiger partial charge on any atom is -0.364 e. The minimum absolute atomic E-state index is 0.373. The lowest BCUT2D eigenvalue weighted by atomic mass is 10.00. The number of nitrogens with zero attached hydrogens (tertiary/aromatic N) is 3. The third-order valence-electron chi connectivity index (χ3n) is 5.00. The van der Waals surface area contributed by atoms with Gasteiger partial charge in [0.1, 0.15) is 0 Å². The molecule has 0 amide bonds. The van der Waals surface area contributed by atoms with Crippen LogP contribution in [-0.2, 0) is 0 Å². The Hall–Kier alpha value is -1.55. The molecule has 0 saturated carbocycles. The summed E-state index contributed by atoms with van der Waals surface area (Å²) in [6, 6.07) is 16.9. The van der Waals surface area contributed by atoms with E-state index >= 15 is 0 Å². The molecule has 0 aromatic heterocycles. The molecule has 4 rings (SSSR count). The second-order valence-electron chi connectivity index (χ2n) is 6.55. The maximum atomic E-state index is 6.33. The summed E-state index contributed by atoms with van der Waals surface area (Å²) in [5, 5.41) is 0.751. The second kappa shape index (κ2) is 7.36. The fourth-order valence-electron chi connectivity index (χ4n) is 3.79. The topological polar surface area (TPSA) is 18.8 Å². The highest BCUT2D eigenvalue weighted by atomic mass is 35.5. The first-order valence-electron chi connectivity index (χ1n) is 8.71. The van der Waals surface area contributed by atoms with E-state index in [2.05, 4.69) is 46.2 Å². The van der Waals surface area contributed by atoms with Gasteiger partial charge < -0.3 is 4.90 Å². The highest BCUT2D eigenvalue weighted by Gasteiger charge is 2.31. The first-order chi connectivity index (χ1) is 12.3. The van der Waals surface area contributed by atoms with Crippen LogP contribution in [0.2, 0.25) is 5.02 Å². The number of piperazine rings is 1. The third kappa shape index (κ3) is 3.41. The highest BCUT2D eigenvalue weighted by molar-refractivity contribution is 6.31. The molecule has 2 aromatic carbocycles. The molecule has 0 bridgehead atoms. The maximum Gasteiger partial charge on any atom is 0.0741 e. The summed E-state index contributed by atoms with van der Waals surface area (Å²) in [6.45, 7) is 4.75. The average molecular weight is 374 g/mol. The molecule has 2 aromatic rings. The monoisotopic (exact) mass is 373 g/mol. The van der Waals surface area contributed by atoms with Crippen LogP contribution in [0.15, 0.2) is 53.5 Å². The fraction of sp³-hybridized carbons (Fsp3) is 0.350. The molecule has 2 heterocycles. The number of halogens is 2. The van der Waals surface area contributed by atoms with Crippen LogP contribution < -0.4 is 4.90 Å². The van der Waals surface area contributed by atoms with E-state index in [9.17, 15) is 0 Å². The predicted octanol–water partition coefficient (Wildman–Crippen LogP) is 3.92. The number of hydrogen-bond acceptors (Lipinski definition) is 3. The van der Waals surface area contributed by atoms with Crippen molar-refractivity contribution in [3.8, 4) is 0 Å². The predicted molar refractivity (Wildman–Crippen MR) is 107 cm³/mol. The van der Waals surface area contributed by atoms with Crippen molar-refractivity contribution in [3.05, 3.63) is 64.7 Å². The van der Waals surface area contributed by atoms with Gasteiger partial charge in [-0.3, -0.25) is 9.89 Å². The van der Waals surface area contributed by atoms with Gasteiger partial charge in [-0.1, -0.05) is 41.9 Å². The van der Waals surface area contributed by atoms with Crippen molar-refractivity contribution in [2.24, 2.45) is 4.99 Å². The number of rotatable bonds is 3. The summed E-state index contributed by atoms with van der Waals surface area (Å²) in [6.07, 6.45) is 0. The summed E-state index contributed by atoms with van der Waals surface area (Å²) in [4.78, 5) is 9.94. The number of hydrogen-bond donors (Lipinski definition) is 0. The maximum absolute atomic E-state index is 6.33. The van der Waals surface area contributed by atoms with Crippen LogP contribution in [0, 0.1) is 0 Å². The zero-order chi connectivity index (χ0) is 17.2. The van der Waals surface area contributed by atoms with Gasteiger partial charge in [0.25, 0.3) is 0 Å². The SMILES string of the molecule is ClCCN1CCN2c3ccc(Cl)cc3C(c3ccccc3)=NCC2C1. The van der Waals surface area contributed by atoms with Crippen LogP contribution in [-0.4, -0.2) is 55.3 Å². The zero-order valence-corrected chi connectivity index (χ0v) is 15.5. The number of benzene rings is 2. The van der Waals surface area contributed by atoms with Crippen LogP contribution in [0.25, 0.3) is 0 Å². The number of anilines is 1. The lowest BCUT2D eigenvalue weighted by molar-refractivity contribution is 0.237. The highest BCUT2D eigenvalue weighted by Crippen LogP contribution is 2.32. The molecule has 1 fully saturated rings. The van der Waals surface area contributed by atoms with E-state index in [1.54, 1.807) is 0 Å². The van der Waals surface area contributed by atoms with Crippen LogP contribution in [0.3, 0.4) is 0 Å². The summed E-state index contributed by atoms with van der Waals surface area (Å²) >= 11 is 12.3. The quantitative estimate of drug-likeness (QED) is 0.759. The number of alkyl halides is 1. The van der Waals surface area contributed by atoms with E-state index in [1.165, 1.54) is 5.69 Å². The van der Waals surface area contributed by atoms with Crippen LogP contribution in [0.1, 0.15) is 11.1 Å². The molecule has 0 aliphatic carbocycles. The Morgan fingerprint density at radius 2 is 1.92 bits per heavy atom. The molecule has 2 aliphatic heterocycles. The lowest BCUT2D eigenvalue weighted by Crippen LogP contribution is -2.54. The van der Waals surface area contributed by atoms with Gasteiger partial charge in [0.2, 0.25) is 0 Å². The zero-order valence-electron chi connectivity index (χ0n) is 14.0. The second-order valence-corrected chi connectivity index (χ2v) is 7.37. The van der Waals surface area contributed by atoms with Gasteiger partial charge in [0.15, 0.2) is 0 Å². The fourth-order valence-corrected chi connectivity index (χ4v) is 4.20. The number of aliphatic imine (C=N–C) groups is 1. The van der Waals surface area contributed by atoms with Crippen LogP contribution >= 0.6 is 23.2 Å². The first-order valence-corrected chi connectivity index (χ1v) is 9.62. The Bertz CT molecular complexity index is 776. The van der Waals surface area contributed by atoms with Crippen molar-refractivity contribution in [1.82, 2.24) is 4.90 Å². The molecule has 2 aliphatic rings. The molecule has 0 spiro atoms. The van der Waals surface area contributed by atoms with E-state index in [-0.39, 0.29) is 0 Å². The molecular formula is C20H21Cl2N3. The Morgan fingerprint density at radius 1 is 1.08 bits per heavy atom. The van der Waals surface area contributed by atoms with Gasteiger partial charge in [0.05, 0.1) is 18.3 Å². The van der Waals surface area contributed by atoms with E-state index in [1.807, 2.05) is 12.1 Å². The van der Waals surface area contributed by atoms with Gasteiger partial charge in [0, 0.05) is 53.9 Å². The number of fused-ring (bicyclic) bond motifs is 3. The van der Waals surface area contributed by atoms with Crippen molar-refractivity contribution >= 4 is 34.6 Å². The van der Waals surface area contributed by atoms with Crippen molar-refractivity contribution in [1.29, 1.82) is 0 Å². The Balaban J connectivity index is 1.76. The van der Waals surface area contributed by atoms with Crippen molar-refractivity contribution in [2.45, 2.75) is 6.04 Å². The molecule has 130 valence electrons. The Morgan fingerprint density at radius 3 is 2.72 bits per heavy atom. The van der Waals surface area contributed by atoms with E-state index in [4.69, 9.17) is 28.2 Å². The summed E-state index contributed by atoms with van der Waals surface area (Å²) in [5.74, 6) is 0.678. The van der Waals surface area contributed by atoms with Crippen molar-refractivity contribution < 1.29 is 0 Å². The average Bonchev–Trinajstić information content (AvgIpc) is 2.79. The van der Waals surface area contributed by atoms with E-state index in [0.29, 0.717) is 11.9 Å². The van der Waals surface area contributed by atoms with E-state index in [0.717, 1.165) is 54.6 Å². The smallest absolute Gasteiger partial charge is 0.0741 e. The lowest BCUT2D eigenvalue weighted by Gasteiger charge is -2.42. The standard InChI is InChI=1S/C20H21Cl2N3/c21-8-9-24-10-11-25-17(14-24)13-23-20(15-4-2-1-3-5-15)18-12-16(22)6-7-19(18)25/h1-7,12,17H,8-11,13-14H2. The molecule has 5 heteroatoms. The molecule has 0 radical (unpaired) electrons. The van der Waals surface area contributed by atoms with Gasteiger partial charge in [-0.25, -0.2) is 0 Å². The molecule has 0 N–H and O–H groups in total.